The summed E-state index contributed by atoms with van der Waals surface area (Å²) in [5.41, 5.74) is 8.32. The molecule has 8 aromatic rings. The SMILES string of the molecule is CC1(C)c2ccccc2-c2ccc3c(sc4ccc(-c5ccc6ccc7cccc8ccc5c6c78)cc43)c21. The van der Waals surface area contributed by atoms with Crippen molar-refractivity contribution >= 4 is 63.8 Å². The van der Waals surface area contributed by atoms with Crippen LogP contribution in [0.25, 0.3) is 74.7 Å². The van der Waals surface area contributed by atoms with E-state index < -0.39 is 0 Å². The first kappa shape index (κ1) is 20.8. The van der Waals surface area contributed by atoms with Gasteiger partial charge in [-0.1, -0.05) is 111 Å². The first-order valence-electron chi connectivity index (χ1n) is 13.4. The predicted molar refractivity (Wildman–Crippen MR) is 166 cm³/mol. The molecule has 7 aromatic carbocycles. The maximum Gasteiger partial charge on any atom is 0.0402 e. The normalized spacial score (nSPS) is 14.3. The minimum Gasteiger partial charge on any atom is -0.135 e. The molecule has 0 saturated heterocycles. The molecule has 1 aromatic heterocycles. The lowest BCUT2D eigenvalue weighted by Crippen LogP contribution is -2.14. The lowest BCUT2D eigenvalue weighted by Gasteiger charge is -2.22. The Labute approximate surface area is 225 Å². The summed E-state index contributed by atoms with van der Waals surface area (Å²) in [7, 11) is 0. The van der Waals surface area contributed by atoms with Gasteiger partial charge in [-0.05, 0) is 77.8 Å². The highest BCUT2D eigenvalue weighted by Crippen LogP contribution is 2.54. The standard InChI is InChI=1S/C37H24S/c1-37(2)31-9-4-3-8-26(31)28-17-18-29-30-20-24(14-19-32(30)38-36(29)35(28)37)25-15-12-23-11-10-21-6-5-7-22-13-16-27(25)34(23)33(21)22/h3-20H,1-2H3. The molecule has 38 heavy (non-hydrogen) atoms. The fraction of sp³-hybridized carbons (Fsp3) is 0.0811. The molecular formula is C37H24S. The van der Waals surface area contributed by atoms with Crippen LogP contribution in [0.2, 0.25) is 0 Å². The Morgan fingerprint density at radius 3 is 2.11 bits per heavy atom. The molecule has 0 aliphatic heterocycles. The van der Waals surface area contributed by atoms with E-state index in [1.807, 2.05) is 11.3 Å². The minimum absolute atomic E-state index is 0.00121. The van der Waals surface area contributed by atoms with Crippen LogP contribution in [0.4, 0.5) is 0 Å². The minimum atomic E-state index is 0.00121. The summed E-state index contributed by atoms with van der Waals surface area (Å²) in [6, 6.07) is 41.1. The van der Waals surface area contributed by atoms with E-state index in [2.05, 4.69) is 123 Å². The molecule has 1 aliphatic carbocycles. The Morgan fingerprint density at radius 2 is 1.24 bits per heavy atom. The van der Waals surface area contributed by atoms with Crippen LogP contribution < -0.4 is 0 Å². The molecule has 1 heterocycles. The van der Waals surface area contributed by atoms with Gasteiger partial charge in [0.1, 0.15) is 0 Å². The summed E-state index contributed by atoms with van der Waals surface area (Å²) < 4.78 is 2.80. The van der Waals surface area contributed by atoms with Crippen LogP contribution in [0.5, 0.6) is 0 Å². The number of hydrogen-bond acceptors (Lipinski definition) is 1. The smallest absolute Gasteiger partial charge is 0.0402 e. The Balaban J connectivity index is 1.31. The van der Waals surface area contributed by atoms with Crippen molar-refractivity contribution < 1.29 is 0 Å². The molecular weight excluding hydrogens is 476 g/mol. The maximum absolute atomic E-state index is 2.43. The third kappa shape index (κ3) is 2.50. The molecule has 178 valence electrons. The number of benzene rings is 7. The van der Waals surface area contributed by atoms with E-state index in [4.69, 9.17) is 0 Å². The van der Waals surface area contributed by atoms with Crippen molar-refractivity contribution in [1.29, 1.82) is 0 Å². The molecule has 0 unspecified atom stereocenters. The summed E-state index contributed by atoms with van der Waals surface area (Å²) in [5.74, 6) is 0. The fourth-order valence-corrected chi connectivity index (χ4v) is 8.63. The summed E-state index contributed by atoms with van der Waals surface area (Å²) in [5, 5.41) is 10.8. The van der Waals surface area contributed by atoms with Crippen LogP contribution in [-0.2, 0) is 5.41 Å². The molecule has 1 aliphatic rings. The zero-order chi connectivity index (χ0) is 25.2. The lowest BCUT2D eigenvalue weighted by atomic mass is 9.82. The highest BCUT2D eigenvalue weighted by molar-refractivity contribution is 7.26. The molecule has 1 heteroatoms. The molecule has 9 rings (SSSR count). The van der Waals surface area contributed by atoms with Gasteiger partial charge in [-0.2, -0.15) is 0 Å². The Morgan fingerprint density at radius 1 is 0.526 bits per heavy atom. The highest BCUT2D eigenvalue weighted by atomic mass is 32.1. The van der Waals surface area contributed by atoms with Crippen LogP contribution in [0.3, 0.4) is 0 Å². The summed E-state index contributed by atoms with van der Waals surface area (Å²) in [4.78, 5) is 0. The summed E-state index contributed by atoms with van der Waals surface area (Å²) >= 11 is 1.95. The van der Waals surface area contributed by atoms with Crippen LogP contribution in [0.1, 0.15) is 25.0 Å². The van der Waals surface area contributed by atoms with Crippen LogP contribution in [0.15, 0.2) is 109 Å². The number of hydrogen-bond donors (Lipinski definition) is 0. The Hall–Kier alpha value is -4.20. The van der Waals surface area contributed by atoms with Crippen molar-refractivity contribution in [2.45, 2.75) is 19.3 Å². The second-order valence-corrected chi connectivity index (χ2v) is 12.4. The second-order valence-electron chi connectivity index (χ2n) is 11.3. The monoisotopic (exact) mass is 500 g/mol. The third-order valence-corrected chi connectivity index (χ3v) is 10.2. The van der Waals surface area contributed by atoms with Gasteiger partial charge in [-0.25, -0.2) is 0 Å². The van der Waals surface area contributed by atoms with Crippen LogP contribution in [-0.4, -0.2) is 0 Å². The number of thiophene rings is 1. The topological polar surface area (TPSA) is 0 Å². The predicted octanol–water partition coefficient (Wildman–Crippen LogP) is 10.9. The first-order chi connectivity index (χ1) is 18.6. The second kappa shape index (κ2) is 7.01. The highest BCUT2D eigenvalue weighted by Gasteiger charge is 2.37. The maximum atomic E-state index is 2.43. The van der Waals surface area contributed by atoms with E-state index >= 15 is 0 Å². The van der Waals surface area contributed by atoms with Gasteiger partial charge < -0.3 is 0 Å². The molecule has 0 saturated carbocycles. The van der Waals surface area contributed by atoms with Crippen molar-refractivity contribution in [2.75, 3.05) is 0 Å². The molecule has 0 N–H and O–H groups in total. The van der Waals surface area contributed by atoms with E-state index in [1.54, 1.807) is 0 Å². The Kier molecular flexibility index (Phi) is 3.84. The lowest BCUT2D eigenvalue weighted by molar-refractivity contribution is 0.667. The van der Waals surface area contributed by atoms with Gasteiger partial charge in [0.05, 0.1) is 0 Å². The van der Waals surface area contributed by atoms with Crippen molar-refractivity contribution in [3.8, 4) is 22.3 Å². The molecule has 0 radical (unpaired) electrons. The van der Waals surface area contributed by atoms with E-state index in [1.165, 1.54) is 85.9 Å². The van der Waals surface area contributed by atoms with Gasteiger partial charge in [-0.3, -0.25) is 0 Å². The quantitative estimate of drug-likeness (QED) is 0.197. The van der Waals surface area contributed by atoms with Gasteiger partial charge in [-0.15, -0.1) is 11.3 Å². The van der Waals surface area contributed by atoms with Crippen molar-refractivity contribution in [3.05, 3.63) is 120 Å². The van der Waals surface area contributed by atoms with E-state index in [9.17, 15) is 0 Å². The van der Waals surface area contributed by atoms with Gasteiger partial charge in [0.15, 0.2) is 0 Å². The van der Waals surface area contributed by atoms with Gasteiger partial charge >= 0.3 is 0 Å². The van der Waals surface area contributed by atoms with Crippen LogP contribution in [0, 0.1) is 0 Å². The van der Waals surface area contributed by atoms with Crippen molar-refractivity contribution in [3.63, 3.8) is 0 Å². The molecule has 0 fully saturated rings. The third-order valence-electron chi connectivity index (χ3n) is 8.99. The number of rotatable bonds is 1. The van der Waals surface area contributed by atoms with Crippen molar-refractivity contribution in [1.82, 2.24) is 0 Å². The summed E-state index contributed by atoms with van der Waals surface area (Å²) in [6.07, 6.45) is 0. The van der Waals surface area contributed by atoms with Crippen LogP contribution >= 0.6 is 11.3 Å². The molecule has 0 spiro atoms. The molecule has 0 atom stereocenters. The van der Waals surface area contributed by atoms with Gasteiger partial charge in [0.2, 0.25) is 0 Å². The van der Waals surface area contributed by atoms with E-state index in [0.717, 1.165) is 0 Å². The first-order valence-corrected chi connectivity index (χ1v) is 14.2. The van der Waals surface area contributed by atoms with Gasteiger partial charge in [0.25, 0.3) is 0 Å². The Bertz CT molecular complexity index is 2240. The zero-order valence-electron chi connectivity index (χ0n) is 21.3. The average molecular weight is 501 g/mol. The molecule has 0 amide bonds. The fourth-order valence-electron chi connectivity index (χ4n) is 7.24. The average Bonchev–Trinajstić information content (AvgIpc) is 3.43. The van der Waals surface area contributed by atoms with Crippen molar-refractivity contribution in [2.24, 2.45) is 0 Å². The largest absolute Gasteiger partial charge is 0.135 e. The molecule has 0 bridgehead atoms. The van der Waals surface area contributed by atoms with E-state index in [-0.39, 0.29) is 5.41 Å². The summed E-state index contributed by atoms with van der Waals surface area (Å²) in [6.45, 7) is 4.77. The molecule has 0 nitrogen and oxygen atoms in total. The number of fused-ring (bicyclic) bond motifs is 7. The zero-order valence-corrected chi connectivity index (χ0v) is 22.1. The van der Waals surface area contributed by atoms with E-state index in [0.29, 0.717) is 0 Å². The van der Waals surface area contributed by atoms with Gasteiger partial charge in [0, 0.05) is 25.6 Å².